The van der Waals surface area contributed by atoms with Crippen molar-refractivity contribution in [2.24, 2.45) is 0 Å². The van der Waals surface area contributed by atoms with Crippen LogP contribution in [0.1, 0.15) is 19.3 Å². The zero-order valence-corrected chi connectivity index (χ0v) is 9.60. The summed E-state index contributed by atoms with van der Waals surface area (Å²) in [5.41, 5.74) is 0. The van der Waals surface area contributed by atoms with Gasteiger partial charge < -0.3 is 9.80 Å². The van der Waals surface area contributed by atoms with E-state index in [1.54, 1.807) is 0 Å². The van der Waals surface area contributed by atoms with Gasteiger partial charge in [-0.1, -0.05) is 6.42 Å². The SMILES string of the molecule is CN1CCN(CCCCCS)CC1. The first-order valence-corrected chi connectivity index (χ1v) is 5.98. The summed E-state index contributed by atoms with van der Waals surface area (Å²) in [4.78, 5) is 4.99. The van der Waals surface area contributed by atoms with Gasteiger partial charge in [0.25, 0.3) is 0 Å². The summed E-state index contributed by atoms with van der Waals surface area (Å²) >= 11 is 4.21. The quantitative estimate of drug-likeness (QED) is 0.531. The molecule has 0 atom stereocenters. The Kier molecular flexibility index (Phi) is 5.83. The van der Waals surface area contributed by atoms with Crippen molar-refractivity contribution in [2.45, 2.75) is 19.3 Å². The largest absolute Gasteiger partial charge is 0.304 e. The van der Waals surface area contributed by atoms with E-state index in [1.165, 1.54) is 52.0 Å². The summed E-state index contributed by atoms with van der Waals surface area (Å²) < 4.78 is 0. The summed E-state index contributed by atoms with van der Waals surface area (Å²) in [6.07, 6.45) is 3.97. The summed E-state index contributed by atoms with van der Waals surface area (Å²) in [6.45, 7) is 6.30. The van der Waals surface area contributed by atoms with Gasteiger partial charge in [0, 0.05) is 26.2 Å². The van der Waals surface area contributed by atoms with E-state index in [2.05, 4.69) is 29.5 Å². The topological polar surface area (TPSA) is 6.48 Å². The van der Waals surface area contributed by atoms with Crippen molar-refractivity contribution >= 4 is 12.6 Å². The second-order valence-electron chi connectivity index (χ2n) is 3.93. The number of likely N-dealkylation sites (N-methyl/N-ethyl adjacent to an activating group) is 1. The Morgan fingerprint density at radius 3 is 2.31 bits per heavy atom. The lowest BCUT2D eigenvalue weighted by atomic mass is 10.2. The molecule has 0 radical (unpaired) electrons. The second kappa shape index (κ2) is 6.68. The minimum atomic E-state index is 1.04. The van der Waals surface area contributed by atoms with Gasteiger partial charge in [-0.15, -0.1) is 0 Å². The monoisotopic (exact) mass is 202 g/mol. The Balaban J connectivity index is 1.96. The average Bonchev–Trinajstić information content (AvgIpc) is 2.15. The zero-order valence-electron chi connectivity index (χ0n) is 8.71. The van der Waals surface area contributed by atoms with Crippen LogP contribution in [0.25, 0.3) is 0 Å². The maximum atomic E-state index is 4.21. The smallest absolute Gasteiger partial charge is 0.0110 e. The molecule has 13 heavy (non-hydrogen) atoms. The Labute approximate surface area is 87.7 Å². The van der Waals surface area contributed by atoms with Crippen LogP contribution in [0.15, 0.2) is 0 Å². The molecule has 1 aliphatic heterocycles. The fourth-order valence-corrected chi connectivity index (χ4v) is 1.92. The van der Waals surface area contributed by atoms with E-state index < -0.39 is 0 Å². The lowest BCUT2D eigenvalue weighted by molar-refractivity contribution is 0.152. The van der Waals surface area contributed by atoms with Crippen LogP contribution in [0.4, 0.5) is 0 Å². The van der Waals surface area contributed by atoms with E-state index in [1.807, 2.05) is 0 Å². The van der Waals surface area contributed by atoms with Crippen LogP contribution in [-0.4, -0.2) is 55.3 Å². The number of unbranched alkanes of at least 4 members (excludes halogenated alkanes) is 2. The third-order valence-electron chi connectivity index (χ3n) is 2.73. The van der Waals surface area contributed by atoms with Gasteiger partial charge in [0.15, 0.2) is 0 Å². The molecule has 1 heterocycles. The molecule has 0 amide bonds. The third kappa shape index (κ3) is 4.89. The van der Waals surface area contributed by atoms with E-state index in [4.69, 9.17) is 0 Å². The molecule has 0 saturated carbocycles. The lowest BCUT2D eigenvalue weighted by Gasteiger charge is -2.32. The van der Waals surface area contributed by atoms with Crippen molar-refractivity contribution in [1.29, 1.82) is 0 Å². The molecule has 1 aliphatic rings. The van der Waals surface area contributed by atoms with Gasteiger partial charge in [-0.05, 0) is 32.2 Å². The molecule has 0 aliphatic carbocycles. The molecule has 0 N–H and O–H groups in total. The van der Waals surface area contributed by atoms with Gasteiger partial charge in [-0.2, -0.15) is 12.6 Å². The zero-order chi connectivity index (χ0) is 9.52. The van der Waals surface area contributed by atoms with Crippen molar-refractivity contribution in [3.05, 3.63) is 0 Å². The van der Waals surface area contributed by atoms with Crippen LogP contribution in [0.3, 0.4) is 0 Å². The van der Waals surface area contributed by atoms with Crippen molar-refractivity contribution in [3.8, 4) is 0 Å². The number of rotatable bonds is 5. The molecule has 0 aromatic heterocycles. The minimum Gasteiger partial charge on any atom is -0.304 e. The van der Waals surface area contributed by atoms with Gasteiger partial charge in [0.05, 0.1) is 0 Å². The summed E-state index contributed by atoms with van der Waals surface area (Å²) in [5, 5.41) is 0. The molecule has 3 heteroatoms. The van der Waals surface area contributed by atoms with Crippen LogP contribution < -0.4 is 0 Å². The molecule has 0 unspecified atom stereocenters. The molecule has 2 nitrogen and oxygen atoms in total. The van der Waals surface area contributed by atoms with Gasteiger partial charge in [0.1, 0.15) is 0 Å². The number of thiol groups is 1. The number of piperazine rings is 1. The molecular formula is C10H22N2S. The first-order valence-electron chi connectivity index (χ1n) is 5.34. The molecule has 0 aromatic carbocycles. The van der Waals surface area contributed by atoms with E-state index in [0.29, 0.717) is 0 Å². The molecule has 1 saturated heterocycles. The van der Waals surface area contributed by atoms with Crippen molar-refractivity contribution < 1.29 is 0 Å². The second-order valence-corrected chi connectivity index (χ2v) is 4.38. The van der Waals surface area contributed by atoms with Gasteiger partial charge in [-0.25, -0.2) is 0 Å². The maximum Gasteiger partial charge on any atom is 0.0110 e. The molecule has 1 rings (SSSR count). The Bertz CT molecular complexity index is 122. The van der Waals surface area contributed by atoms with E-state index in [9.17, 15) is 0 Å². The van der Waals surface area contributed by atoms with Gasteiger partial charge >= 0.3 is 0 Å². The van der Waals surface area contributed by atoms with Crippen LogP contribution in [0.2, 0.25) is 0 Å². The summed E-state index contributed by atoms with van der Waals surface area (Å²) in [6, 6.07) is 0. The van der Waals surface area contributed by atoms with Gasteiger partial charge in [-0.3, -0.25) is 0 Å². The third-order valence-corrected chi connectivity index (χ3v) is 3.04. The molecule has 78 valence electrons. The normalized spacial score (nSPS) is 20.8. The average molecular weight is 202 g/mol. The molecule has 0 spiro atoms. The molecule has 0 aromatic rings. The highest BCUT2D eigenvalue weighted by molar-refractivity contribution is 7.80. The fraction of sp³-hybridized carbons (Fsp3) is 1.00. The molecule has 1 fully saturated rings. The van der Waals surface area contributed by atoms with E-state index >= 15 is 0 Å². The predicted molar refractivity (Wildman–Crippen MR) is 61.6 cm³/mol. The van der Waals surface area contributed by atoms with Crippen LogP contribution in [0, 0.1) is 0 Å². The Hall–Kier alpha value is 0.270. The number of hydrogen-bond donors (Lipinski definition) is 1. The Morgan fingerprint density at radius 2 is 1.69 bits per heavy atom. The van der Waals surface area contributed by atoms with E-state index in [0.717, 1.165) is 5.75 Å². The summed E-state index contributed by atoms with van der Waals surface area (Å²) in [5.74, 6) is 1.04. The van der Waals surface area contributed by atoms with E-state index in [-0.39, 0.29) is 0 Å². The number of hydrogen-bond acceptors (Lipinski definition) is 3. The first-order chi connectivity index (χ1) is 6.33. The highest BCUT2D eigenvalue weighted by Crippen LogP contribution is 2.03. The highest BCUT2D eigenvalue weighted by Gasteiger charge is 2.12. The van der Waals surface area contributed by atoms with Crippen molar-refractivity contribution in [3.63, 3.8) is 0 Å². The predicted octanol–water partition coefficient (Wildman–Crippen LogP) is 1.33. The van der Waals surface area contributed by atoms with Crippen LogP contribution >= 0.6 is 12.6 Å². The lowest BCUT2D eigenvalue weighted by Crippen LogP contribution is -2.44. The van der Waals surface area contributed by atoms with Gasteiger partial charge in [0.2, 0.25) is 0 Å². The maximum absolute atomic E-state index is 4.21. The van der Waals surface area contributed by atoms with Crippen LogP contribution in [-0.2, 0) is 0 Å². The first kappa shape index (κ1) is 11.3. The number of nitrogens with zero attached hydrogens (tertiary/aromatic N) is 2. The minimum absolute atomic E-state index is 1.04. The standard InChI is InChI=1S/C10H22N2S/c1-11-6-8-12(9-7-11)5-3-2-4-10-13/h13H,2-10H2,1H3. The fourth-order valence-electron chi connectivity index (χ4n) is 1.70. The van der Waals surface area contributed by atoms with Crippen LogP contribution in [0.5, 0.6) is 0 Å². The Morgan fingerprint density at radius 1 is 1.00 bits per heavy atom. The summed E-state index contributed by atoms with van der Waals surface area (Å²) in [7, 11) is 2.21. The molecular weight excluding hydrogens is 180 g/mol. The van der Waals surface area contributed by atoms with Crippen molar-refractivity contribution in [2.75, 3.05) is 45.5 Å². The van der Waals surface area contributed by atoms with Crippen molar-refractivity contribution in [1.82, 2.24) is 9.80 Å². The molecule has 0 bridgehead atoms. The highest BCUT2D eigenvalue weighted by atomic mass is 32.1.